The molecule has 0 fully saturated rings. The molecule has 3 aromatic rings. The highest BCUT2D eigenvalue weighted by Crippen LogP contribution is 2.21. The minimum Gasteiger partial charge on any atom is -0.327 e. The molecule has 0 amide bonds. The molecule has 2 heterocycles. The zero-order chi connectivity index (χ0) is 14.8. The molecule has 0 saturated heterocycles. The Morgan fingerprint density at radius 3 is 2.86 bits per heavy atom. The van der Waals surface area contributed by atoms with Crippen molar-refractivity contribution < 1.29 is 0 Å². The topological polar surface area (TPSA) is 48.5 Å². The summed E-state index contributed by atoms with van der Waals surface area (Å²) >= 11 is 9.38. The first kappa shape index (κ1) is 14.5. The molecule has 0 radical (unpaired) electrons. The van der Waals surface area contributed by atoms with Crippen molar-refractivity contribution in [2.24, 2.45) is 7.05 Å². The van der Waals surface area contributed by atoms with Crippen molar-refractivity contribution in [1.82, 2.24) is 24.3 Å². The van der Waals surface area contributed by atoms with E-state index in [0.717, 1.165) is 46.5 Å². The lowest BCUT2D eigenvalue weighted by Gasteiger charge is -2.07. The second-order valence-corrected chi connectivity index (χ2v) is 6.13. The van der Waals surface area contributed by atoms with E-state index in [0.29, 0.717) is 5.88 Å². The van der Waals surface area contributed by atoms with Crippen molar-refractivity contribution in [3.8, 4) is 0 Å². The van der Waals surface area contributed by atoms with Crippen molar-refractivity contribution >= 4 is 38.6 Å². The summed E-state index contributed by atoms with van der Waals surface area (Å²) in [6.45, 7) is 0.800. The van der Waals surface area contributed by atoms with Crippen LogP contribution in [0.3, 0.4) is 0 Å². The van der Waals surface area contributed by atoms with Gasteiger partial charge in [-0.25, -0.2) is 9.97 Å². The minimum absolute atomic E-state index is 0.562. The van der Waals surface area contributed by atoms with Gasteiger partial charge in [0, 0.05) is 36.8 Å². The number of benzene rings is 1. The first-order chi connectivity index (χ1) is 10.2. The Hall–Kier alpha value is -1.40. The molecule has 0 N–H and O–H groups in total. The molecule has 5 nitrogen and oxygen atoms in total. The molecule has 0 atom stereocenters. The lowest BCUT2D eigenvalue weighted by atomic mass is 10.3. The first-order valence-electron chi connectivity index (χ1n) is 6.72. The maximum atomic E-state index is 5.90. The summed E-state index contributed by atoms with van der Waals surface area (Å²) in [6, 6.07) is 6.14. The number of aryl methyl sites for hydroxylation is 4. The van der Waals surface area contributed by atoms with Crippen molar-refractivity contribution in [3.05, 3.63) is 40.6 Å². The number of fused-ring (bicyclic) bond motifs is 1. The van der Waals surface area contributed by atoms with Gasteiger partial charge in [-0.3, -0.25) is 4.68 Å². The predicted molar refractivity (Wildman–Crippen MR) is 86.6 cm³/mol. The van der Waals surface area contributed by atoms with Crippen molar-refractivity contribution in [3.63, 3.8) is 0 Å². The van der Waals surface area contributed by atoms with Crippen LogP contribution in [0.1, 0.15) is 11.6 Å². The number of aromatic nitrogens is 5. The van der Waals surface area contributed by atoms with Crippen LogP contribution in [-0.4, -0.2) is 30.2 Å². The van der Waals surface area contributed by atoms with Crippen molar-refractivity contribution in [1.29, 1.82) is 0 Å². The van der Waals surface area contributed by atoms with Gasteiger partial charge >= 0.3 is 0 Å². The number of nitrogens with zero attached hydrogens (tertiary/aromatic N) is 5. The molecule has 0 bridgehead atoms. The summed E-state index contributed by atoms with van der Waals surface area (Å²) in [6.07, 6.45) is 3.25. The first-order valence-corrected chi connectivity index (χ1v) is 8.05. The van der Waals surface area contributed by atoms with Gasteiger partial charge in [0.2, 0.25) is 0 Å². The molecule has 0 aliphatic heterocycles. The second kappa shape index (κ2) is 6.15. The lowest BCUT2D eigenvalue weighted by molar-refractivity contribution is 0.646. The van der Waals surface area contributed by atoms with E-state index in [9.17, 15) is 0 Å². The molecule has 0 aliphatic rings. The van der Waals surface area contributed by atoms with Crippen LogP contribution < -0.4 is 0 Å². The van der Waals surface area contributed by atoms with Gasteiger partial charge in [0.25, 0.3) is 0 Å². The Bertz CT molecular complexity index is 764. The van der Waals surface area contributed by atoms with E-state index in [1.54, 1.807) is 11.0 Å². The van der Waals surface area contributed by atoms with E-state index in [4.69, 9.17) is 11.6 Å². The molecule has 3 rings (SSSR count). The van der Waals surface area contributed by atoms with Gasteiger partial charge in [-0.15, -0.1) is 11.6 Å². The third-order valence-electron chi connectivity index (χ3n) is 3.31. The van der Waals surface area contributed by atoms with Gasteiger partial charge in [-0.1, -0.05) is 15.9 Å². The number of alkyl halides is 1. The third-order valence-corrected chi connectivity index (χ3v) is 4.00. The molecule has 1 aromatic carbocycles. The molecule has 7 heteroatoms. The quantitative estimate of drug-likeness (QED) is 0.651. The van der Waals surface area contributed by atoms with Crippen LogP contribution in [-0.2, 0) is 26.4 Å². The standard InChI is InChI=1S/C14H15BrClN5/c1-20-9-17-13(19-20)5-7-21-12-3-2-10(15)8-11(12)18-14(21)4-6-16/h2-3,8-9H,4-7H2,1H3. The average molecular weight is 369 g/mol. The Morgan fingerprint density at radius 1 is 1.29 bits per heavy atom. The molecule has 0 spiro atoms. The maximum absolute atomic E-state index is 5.90. The number of halogens is 2. The van der Waals surface area contributed by atoms with Crippen LogP contribution in [0.25, 0.3) is 11.0 Å². The van der Waals surface area contributed by atoms with E-state index >= 15 is 0 Å². The summed E-state index contributed by atoms with van der Waals surface area (Å²) in [5.41, 5.74) is 2.10. The Kier molecular flexibility index (Phi) is 4.26. The normalized spacial score (nSPS) is 11.4. The summed E-state index contributed by atoms with van der Waals surface area (Å²) in [5.74, 6) is 2.41. The highest BCUT2D eigenvalue weighted by Gasteiger charge is 2.11. The summed E-state index contributed by atoms with van der Waals surface area (Å²) in [4.78, 5) is 8.95. The summed E-state index contributed by atoms with van der Waals surface area (Å²) < 4.78 is 4.96. The SMILES string of the molecule is Cn1cnc(CCn2c(CCCl)nc3cc(Br)ccc32)n1. The fraction of sp³-hybridized carbons (Fsp3) is 0.357. The van der Waals surface area contributed by atoms with Crippen LogP contribution in [0.4, 0.5) is 0 Å². The Labute approximate surface area is 136 Å². The molecule has 110 valence electrons. The molecule has 0 unspecified atom stereocenters. The van der Waals surface area contributed by atoms with E-state index < -0.39 is 0 Å². The second-order valence-electron chi connectivity index (χ2n) is 4.84. The van der Waals surface area contributed by atoms with Gasteiger partial charge in [-0.05, 0) is 18.2 Å². The highest BCUT2D eigenvalue weighted by molar-refractivity contribution is 9.10. The van der Waals surface area contributed by atoms with Crippen molar-refractivity contribution in [2.75, 3.05) is 5.88 Å². The van der Waals surface area contributed by atoms with E-state index in [-0.39, 0.29) is 0 Å². The van der Waals surface area contributed by atoms with Gasteiger partial charge in [0.15, 0.2) is 5.82 Å². The molecular formula is C14H15BrClN5. The third kappa shape index (κ3) is 3.11. The molecule has 21 heavy (non-hydrogen) atoms. The number of hydrogen-bond donors (Lipinski definition) is 0. The summed E-state index contributed by atoms with van der Waals surface area (Å²) in [7, 11) is 1.87. The van der Waals surface area contributed by atoms with Crippen LogP contribution in [0, 0.1) is 0 Å². The van der Waals surface area contributed by atoms with E-state index in [1.807, 2.05) is 19.2 Å². The van der Waals surface area contributed by atoms with Gasteiger partial charge in [0.1, 0.15) is 12.2 Å². The van der Waals surface area contributed by atoms with Gasteiger partial charge in [0.05, 0.1) is 11.0 Å². The smallest absolute Gasteiger partial charge is 0.152 e. The molecule has 2 aromatic heterocycles. The zero-order valence-electron chi connectivity index (χ0n) is 11.6. The van der Waals surface area contributed by atoms with Crippen LogP contribution >= 0.6 is 27.5 Å². The van der Waals surface area contributed by atoms with Crippen molar-refractivity contribution in [2.45, 2.75) is 19.4 Å². The number of rotatable bonds is 5. The lowest BCUT2D eigenvalue weighted by Crippen LogP contribution is -2.08. The van der Waals surface area contributed by atoms with Crippen LogP contribution in [0.2, 0.25) is 0 Å². The Morgan fingerprint density at radius 2 is 2.14 bits per heavy atom. The monoisotopic (exact) mass is 367 g/mol. The predicted octanol–water partition coefficient (Wildman–Crippen LogP) is 2.95. The summed E-state index contributed by atoms with van der Waals surface area (Å²) in [5, 5.41) is 4.32. The number of hydrogen-bond acceptors (Lipinski definition) is 3. The maximum Gasteiger partial charge on any atom is 0.152 e. The molecular weight excluding hydrogens is 354 g/mol. The zero-order valence-corrected chi connectivity index (χ0v) is 14.0. The van der Waals surface area contributed by atoms with Gasteiger partial charge in [-0.2, -0.15) is 5.10 Å². The van der Waals surface area contributed by atoms with Gasteiger partial charge < -0.3 is 4.57 Å². The molecule has 0 saturated carbocycles. The minimum atomic E-state index is 0.562. The fourth-order valence-corrected chi connectivity index (χ4v) is 2.91. The van der Waals surface area contributed by atoms with Crippen LogP contribution in [0.5, 0.6) is 0 Å². The largest absolute Gasteiger partial charge is 0.327 e. The fourth-order valence-electron chi connectivity index (χ4n) is 2.39. The van der Waals surface area contributed by atoms with E-state index in [1.165, 1.54) is 0 Å². The number of imidazole rings is 1. The average Bonchev–Trinajstić information content (AvgIpc) is 3.00. The molecule has 0 aliphatic carbocycles. The van der Waals surface area contributed by atoms with E-state index in [2.05, 4.69) is 41.6 Å². The van der Waals surface area contributed by atoms with Crippen LogP contribution in [0.15, 0.2) is 29.0 Å². The highest BCUT2D eigenvalue weighted by atomic mass is 79.9. The Balaban J connectivity index is 1.92.